The summed E-state index contributed by atoms with van der Waals surface area (Å²) in [5.74, 6) is 1.85. The molecule has 262 valence electrons. The van der Waals surface area contributed by atoms with E-state index in [0.717, 1.165) is 77.6 Å². The summed E-state index contributed by atoms with van der Waals surface area (Å²) in [5.41, 5.74) is 12.3. The van der Waals surface area contributed by atoms with Gasteiger partial charge in [0.1, 0.15) is 0 Å². The Bertz CT molecular complexity index is 3000. The normalized spacial score (nSPS) is 11.2. The van der Waals surface area contributed by atoms with Crippen LogP contribution >= 0.6 is 0 Å². The number of hydrogen-bond acceptors (Lipinski definition) is 4. The van der Waals surface area contributed by atoms with Crippen molar-refractivity contribution in [1.82, 2.24) is 19.9 Å². The molecule has 0 fully saturated rings. The average molecular weight is 715 g/mol. The highest BCUT2D eigenvalue weighted by atomic mass is 15.0. The van der Waals surface area contributed by atoms with E-state index in [9.17, 15) is 0 Å². The van der Waals surface area contributed by atoms with Crippen molar-refractivity contribution in [2.24, 2.45) is 0 Å². The van der Waals surface area contributed by atoms with E-state index >= 15 is 0 Å². The first-order valence-corrected chi connectivity index (χ1v) is 18.8. The molecule has 0 aliphatic carbocycles. The van der Waals surface area contributed by atoms with Gasteiger partial charge in [0.2, 0.25) is 0 Å². The molecule has 0 bridgehead atoms. The van der Waals surface area contributed by atoms with Gasteiger partial charge in [-0.05, 0) is 62.9 Å². The lowest BCUT2D eigenvalue weighted by Crippen LogP contribution is -2.00. The highest BCUT2D eigenvalue weighted by molar-refractivity contribution is 6.18. The molecule has 2 heterocycles. The van der Waals surface area contributed by atoms with E-state index in [1.165, 1.54) is 5.39 Å². The summed E-state index contributed by atoms with van der Waals surface area (Å²) >= 11 is 0. The molecule has 0 radical (unpaired) electrons. The molecule has 0 amide bonds. The number of hydrogen-bond donors (Lipinski definition) is 0. The van der Waals surface area contributed by atoms with Gasteiger partial charge in [0.15, 0.2) is 17.5 Å². The Balaban J connectivity index is 1.19. The van der Waals surface area contributed by atoms with Crippen LogP contribution in [0.2, 0.25) is 0 Å². The molecule has 0 saturated heterocycles. The number of benzene rings is 8. The van der Waals surface area contributed by atoms with Gasteiger partial charge in [-0.2, -0.15) is 0 Å². The second kappa shape index (κ2) is 14.3. The van der Waals surface area contributed by atoms with Crippen molar-refractivity contribution in [3.8, 4) is 78.8 Å². The maximum atomic E-state index is 5.46. The fourth-order valence-corrected chi connectivity index (χ4v) is 7.55. The highest BCUT2D eigenvalue weighted by Crippen LogP contribution is 2.42. The maximum absolute atomic E-state index is 5.46. The van der Waals surface area contributed by atoms with E-state index in [0.29, 0.717) is 17.5 Å². The van der Waals surface area contributed by atoms with Crippen molar-refractivity contribution in [3.05, 3.63) is 206 Å². The Hall–Kier alpha value is -7.56. The van der Waals surface area contributed by atoms with Crippen LogP contribution in [0, 0.1) is 0 Å². The Morgan fingerprint density at radius 2 is 0.732 bits per heavy atom. The van der Waals surface area contributed by atoms with E-state index in [-0.39, 0.29) is 0 Å². The fraction of sp³-hybridized carbons (Fsp3) is 0. The zero-order chi connectivity index (χ0) is 37.3. The van der Waals surface area contributed by atoms with Gasteiger partial charge in [-0.3, -0.25) is 0 Å². The monoisotopic (exact) mass is 714 g/mol. The molecule has 0 atom stereocenters. The first-order chi connectivity index (χ1) is 27.7. The zero-order valence-corrected chi connectivity index (χ0v) is 30.4. The van der Waals surface area contributed by atoms with Crippen molar-refractivity contribution in [2.75, 3.05) is 0 Å². The smallest absolute Gasteiger partial charge is 0.164 e. The number of pyridine rings is 1. The minimum absolute atomic E-state index is 0.605. The van der Waals surface area contributed by atoms with Gasteiger partial charge in [0.25, 0.3) is 0 Å². The maximum Gasteiger partial charge on any atom is 0.164 e. The summed E-state index contributed by atoms with van der Waals surface area (Å²) in [7, 11) is 0. The van der Waals surface area contributed by atoms with Crippen molar-refractivity contribution in [2.45, 2.75) is 0 Å². The summed E-state index contributed by atoms with van der Waals surface area (Å²) in [4.78, 5) is 20.7. The van der Waals surface area contributed by atoms with Gasteiger partial charge in [0.05, 0.1) is 11.2 Å². The zero-order valence-electron chi connectivity index (χ0n) is 30.4. The second-order valence-electron chi connectivity index (χ2n) is 13.9. The molecular formula is C52H34N4. The summed E-state index contributed by atoms with van der Waals surface area (Å²) in [6, 6.07) is 71.6. The summed E-state index contributed by atoms with van der Waals surface area (Å²) < 4.78 is 0. The van der Waals surface area contributed by atoms with Gasteiger partial charge < -0.3 is 0 Å². The molecule has 10 aromatic rings. The van der Waals surface area contributed by atoms with Crippen LogP contribution in [-0.4, -0.2) is 19.9 Å². The predicted octanol–water partition coefficient (Wildman–Crippen LogP) is 13.2. The van der Waals surface area contributed by atoms with Crippen LogP contribution < -0.4 is 0 Å². The molecule has 2 aromatic heterocycles. The van der Waals surface area contributed by atoms with Crippen molar-refractivity contribution in [3.63, 3.8) is 0 Å². The molecule has 0 unspecified atom stereocenters. The molecule has 56 heavy (non-hydrogen) atoms. The third-order valence-electron chi connectivity index (χ3n) is 10.3. The molecule has 0 aliphatic heterocycles. The molecular weight excluding hydrogens is 681 g/mol. The van der Waals surface area contributed by atoms with Crippen LogP contribution in [-0.2, 0) is 0 Å². The average Bonchev–Trinajstić information content (AvgIpc) is 3.29. The van der Waals surface area contributed by atoms with Gasteiger partial charge >= 0.3 is 0 Å². The lowest BCUT2D eigenvalue weighted by molar-refractivity contribution is 1.07. The van der Waals surface area contributed by atoms with Gasteiger partial charge in [-0.1, -0.05) is 182 Å². The topological polar surface area (TPSA) is 51.6 Å². The summed E-state index contributed by atoms with van der Waals surface area (Å²) in [5, 5.41) is 3.45. The Labute approximate surface area is 325 Å². The first kappa shape index (κ1) is 33.0. The Kier molecular flexibility index (Phi) is 8.47. The van der Waals surface area contributed by atoms with Crippen molar-refractivity contribution < 1.29 is 0 Å². The molecule has 0 N–H and O–H groups in total. The molecule has 0 spiro atoms. The van der Waals surface area contributed by atoms with Crippen LogP contribution in [0.5, 0.6) is 0 Å². The molecule has 0 aliphatic rings. The third-order valence-corrected chi connectivity index (χ3v) is 10.3. The van der Waals surface area contributed by atoms with E-state index in [1.54, 1.807) is 0 Å². The van der Waals surface area contributed by atoms with Crippen LogP contribution in [0.15, 0.2) is 206 Å². The number of nitrogens with zero attached hydrogens (tertiary/aromatic N) is 4. The van der Waals surface area contributed by atoms with Crippen molar-refractivity contribution >= 4 is 21.7 Å². The Morgan fingerprint density at radius 3 is 1.38 bits per heavy atom. The number of rotatable bonds is 7. The second-order valence-corrected chi connectivity index (χ2v) is 13.9. The minimum Gasteiger partial charge on any atom is -0.247 e. The van der Waals surface area contributed by atoms with Crippen LogP contribution in [0.3, 0.4) is 0 Å². The molecule has 4 nitrogen and oxygen atoms in total. The highest BCUT2D eigenvalue weighted by Gasteiger charge is 2.19. The van der Waals surface area contributed by atoms with Crippen molar-refractivity contribution in [1.29, 1.82) is 0 Å². The standard InChI is InChI=1S/C52H34N4/c1-5-17-35(18-6-1)39-26-15-28-42(31-39)51-54-50(38-23-11-4-12-24-38)55-52(56-51)43-29-16-27-40(32-43)46-33-41-25-13-14-30-44(41)48-45(36-19-7-2-8-20-36)34-47(53-49(46)48)37-21-9-3-10-22-37/h1-34H. The van der Waals surface area contributed by atoms with Crippen LogP contribution in [0.1, 0.15) is 0 Å². The lowest BCUT2D eigenvalue weighted by Gasteiger charge is -2.17. The van der Waals surface area contributed by atoms with Crippen LogP contribution in [0.4, 0.5) is 0 Å². The molecule has 10 rings (SSSR count). The van der Waals surface area contributed by atoms with Gasteiger partial charge in [-0.15, -0.1) is 0 Å². The quantitative estimate of drug-likeness (QED) is 0.154. The first-order valence-electron chi connectivity index (χ1n) is 18.8. The largest absolute Gasteiger partial charge is 0.247 e. The molecule has 4 heteroatoms. The van der Waals surface area contributed by atoms with Gasteiger partial charge in [0, 0.05) is 33.2 Å². The number of fused-ring (bicyclic) bond motifs is 3. The van der Waals surface area contributed by atoms with E-state index < -0.39 is 0 Å². The summed E-state index contributed by atoms with van der Waals surface area (Å²) in [6.45, 7) is 0. The Morgan fingerprint density at radius 1 is 0.268 bits per heavy atom. The third kappa shape index (κ3) is 6.29. The SMILES string of the molecule is c1ccc(-c2cccc(-c3nc(-c4ccccc4)nc(-c4cccc(-c5cc6ccccc6c6c(-c7ccccc7)cc(-c7ccccc7)nc56)c4)n3)c2)cc1. The lowest BCUT2D eigenvalue weighted by atomic mass is 9.90. The number of aromatic nitrogens is 4. The minimum atomic E-state index is 0.605. The van der Waals surface area contributed by atoms with E-state index in [4.69, 9.17) is 19.9 Å². The van der Waals surface area contributed by atoms with E-state index in [1.807, 2.05) is 42.5 Å². The van der Waals surface area contributed by atoms with Crippen LogP contribution in [0.25, 0.3) is 100 Å². The van der Waals surface area contributed by atoms with Gasteiger partial charge in [-0.25, -0.2) is 19.9 Å². The predicted molar refractivity (Wildman–Crippen MR) is 231 cm³/mol. The fourth-order valence-electron chi connectivity index (χ4n) is 7.55. The summed E-state index contributed by atoms with van der Waals surface area (Å²) in [6.07, 6.45) is 0. The van der Waals surface area contributed by atoms with E-state index in [2.05, 4.69) is 164 Å². The molecule has 8 aromatic carbocycles. The molecule has 0 saturated carbocycles.